The number of anilines is 1. The van der Waals surface area contributed by atoms with Crippen molar-refractivity contribution in [1.29, 1.82) is 0 Å². The molecule has 0 unspecified atom stereocenters. The lowest BCUT2D eigenvalue weighted by Gasteiger charge is -2.11. The largest absolute Gasteiger partial charge is 0.383 e. The maximum Gasteiger partial charge on any atom is 0.246 e. The molecule has 23 heavy (non-hydrogen) atoms. The Morgan fingerprint density at radius 2 is 2.04 bits per heavy atom. The molecule has 1 aromatic carbocycles. The molecule has 0 aliphatic rings. The number of halogens is 1. The summed E-state index contributed by atoms with van der Waals surface area (Å²) in [5, 5.41) is 9.03. The fraction of sp³-hybridized carbons (Fsp3) is 0.500. The van der Waals surface area contributed by atoms with Gasteiger partial charge in [-0.25, -0.2) is 4.99 Å². The molecule has 0 saturated carbocycles. The molecule has 0 aliphatic carbocycles. The predicted octanol–water partition coefficient (Wildman–Crippen LogP) is 2.01. The molecule has 1 aromatic rings. The van der Waals surface area contributed by atoms with Crippen molar-refractivity contribution in [1.82, 2.24) is 10.6 Å². The number of nitrogens with one attached hydrogen (secondary N) is 3. The van der Waals surface area contributed by atoms with Gasteiger partial charge in [-0.3, -0.25) is 4.79 Å². The minimum Gasteiger partial charge on any atom is -0.383 e. The first kappa shape index (κ1) is 21.6. The lowest BCUT2D eigenvalue weighted by molar-refractivity contribution is -0.114. The summed E-state index contributed by atoms with van der Waals surface area (Å²) < 4.78 is 4.97. The Labute approximate surface area is 155 Å². The van der Waals surface area contributed by atoms with E-state index in [4.69, 9.17) is 4.74 Å². The molecule has 7 heteroatoms. The third kappa shape index (κ3) is 9.39. The molecule has 0 atom stereocenters. The minimum absolute atomic E-state index is 0. The predicted molar refractivity (Wildman–Crippen MR) is 106 cm³/mol. The van der Waals surface area contributed by atoms with Gasteiger partial charge in [-0.05, 0) is 31.0 Å². The van der Waals surface area contributed by atoms with E-state index in [9.17, 15) is 4.79 Å². The number of rotatable bonds is 8. The highest BCUT2D eigenvalue weighted by Crippen LogP contribution is 2.10. The Morgan fingerprint density at radius 3 is 2.70 bits per heavy atom. The van der Waals surface area contributed by atoms with Gasteiger partial charge < -0.3 is 20.7 Å². The average molecular weight is 434 g/mol. The van der Waals surface area contributed by atoms with E-state index in [1.165, 1.54) is 5.56 Å². The van der Waals surface area contributed by atoms with Crippen LogP contribution in [0.1, 0.15) is 19.4 Å². The smallest absolute Gasteiger partial charge is 0.246 e. The maximum absolute atomic E-state index is 12.0. The standard InChI is InChI=1S/C16H26N4O2.HI/c1-4-13-7-6-8-14(11-13)20-15(21)12-19-16(17-5-2)18-9-10-22-3;/h6-8,11H,4-5,9-10,12H2,1-3H3,(H,20,21)(H2,17,18,19);1H. The Morgan fingerprint density at radius 1 is 1.26 bits per heavy atom. The van der Waals surface area contributed by atoms with Crippen LogP contribution in [0.3, 0.4) is 0 Å². The van der Waals surface area contributed by atoms with Gasteiger partial charge in [0.05, 0.1) is 6.61 Å². The fourth-order valence-corrected chi connectivity index (χ4v) is 1.83. The number of nitrogens with zero attached hydrogens (tertiary/aromatic N) is 1. The van der Waals surface area contributed by atoms with Gasteiger partial charge in [0.25, 0.3) is 0 Å². The first-order valence-electron chi connectivity index (χ1n) is 7.59. The van der Waals surface area contributed by atoms with Crippen molar-refractivity contribution < 1.29 is 9.53 Å². The summed E-state index contributed by atoms with van der Waals surface area (Å²) in [5.74, 6) is 0.467. The summed E-state index contributed by atoms with van der Waals surface area (Å²) in [6.07, 6.45) is 0.940. The molecule has 0 spiro atoms. The van der Waals surface area contributed by atoms with Crippen LogP contribution >= 0.6 is 24.0 Å². The molecular formula is C16H27IN4O2. The number of benzene rings is 1. The van der Waals surface area contributed by atoms with E-state index in [0.717, 1.165) is 18.7 Å². The van der Waals surface area contributed by atoms with Gasteiger partial charge in [0.1, 0.15) is 6.54 Å². The molecular weight excluding hydrogens is 407 g/mol. The minimum atomic E-state index is -0.141. The number of hydrogen-bond donors (Lipinski definition) is 3. The van der Waals surface area contributed by atoms with E-state index in [1.807, 2.05) is 31.2 Å². The van der Waals surface area contributed by atoms with Crippen molar-refractivity contribution in [3.05, 3.63) is 29.8 Å². The monoisotopic (exact) mass is 434 g/mol. The van der Waals surface area contributed by atoms with Gasteiger partial charge in [-0.1, -0.05) is 19.1 Å². The number of carbonyl (C=O) groups excluding carboxylic acids is 1. The molecule has 0 heterocycles. The van der Waals surface area contributed by atoms with Crippen molar-refractivity contribution >= 4 is 41.5 Å². The van der Waals surface area contributed by atoms with Crippen LogP contribution in [0.25, 0.3) is 0 Å². The van der Waals surface area contributed by atoms with Crippen LogP contribution in [0.2, 0.25) is 0 Å². The van der Waals surface area contributed by atoms with Gasteiger partial charge in [-0.2, -0.15) is 0 Å². The molecule has 0 aromatic heterocycles. The van der Waals surface area contributed by atoms with Crippen LogP contribution in [-0.4, -0.2) is 45.2 Å². The molecule has 0 aliphatic heterocycles. The summed E-state index contributed by atoms with van der Waals surface area (Å²) in [5.41, 5.74) is 1.99. The van der Waals surface area contributed by atoms with Crippen LogP contribution in [0, 0.1) is 0 Å². The number of methoxy groups -OCH3 is 1. The van der Waals surface area contributed by atoms with Crippen molar-refractivity contribution in [2.24, 2.45) is 4.99 Å². The summed E-state index contributed by atoms with van der Waals surface area (Å²) in [6.45, 7) is 6.09. The zero-order chi connectivity index (χ0) is 16.2. The van der Waals surface area contributed by atoms with E-state index in [2.05, 4.69) is 27.9 Å². The van der Waals surface area contributed by atoms with Crippen LogP contribution < -0.4 is 16.0 Å². The van der Waals surface area contributed by atoms with Gasteiger partial charge in [-0.15, -0.1) is 24.0 Å². The topological polar surface area (TPSA) is 74.8 Å². The van der Waals surface area contributed by atoms with Crippen molar-refractivity contribution in [2.45, 2.75) is 20.3 Å². The molecule has 0 saturated heterocycles. The van der Waals surface area contributed by atoms with Crippen molar-refractivity contribution in [2.75, 3.05) is 38.7 Å². The fourth-order valence-electron chi connectivity index (χ4n) is 1.83. The molecule has 0 bridgehead atoms. The highest BCUT2D eigenvalue weighted by molar-refractivity contribution is 14.0. The zero-order valence-electron chi connectivity index (χ0n) is 14.0. The van der Waals surface area contributed by atoms with Crippen LogP contribution in [-0.2, 0) is 16.0 Å². The second-order valence-corrected chi connectivity index (χ2v) is 4.72. The summed E-state index contributed by atoms with van der Waals surface area (Å²) >= 11 is 0. The zero-order valence-corrected chi connectivity index (χ0v) is 16.3. The first-order valence-corrected chi connectivity index (χ1v) is 7.59. The van der Waals surface area contributed by atoms with E-state index in [1.54, 1.807) is 7.11 Å². The van der Waals surface area contributed by atoms with E-state index in [0.29, 0.717) is 19.1 Å². The summed E-state index contributed by atoms with van der Waals surface area (Å²) in [6, 6.07) is 7.83. The number of ether oxygens (including phenoxy) is 1. The van der Waals surface area contributed by atoms with Crippen molar-refractivity contribution in [3.63, 3.8) is 0 Å². The quantitative estimate of drug-likeness (QED) is 0.253. The molecule has 0 radical (unpaired) electrons. The normalized spacial score (nSPS) is 10.7. The van der Waals surface area contributed by atoms with Gasteiger partial charge in [0, 0.05) is 25.9 Å². The van der Waals surface area contributed by atoms with Gasteiger partial charge >= 0.3 is 0 Å². The van der Waals surface area contributed by atoms with Gasteiger partial charge in [0.2, 0.25) is 5.91 Å². The Kier molecular flexibility index (Phi) is 12.4. The van der Waals surface area contributed by atoms with Crippen LogP contribution in [0.5, 0.6) is 0 Å². The molecule has 6 nitrogen and oxygen atoms in total. The SMILES string of the molecule is CCNC(=NCC(=O)Nc1cccc(CC)c1)NCCOC.I. The van der Waals surface area contributed by atoms with Crippen LogP contribution in [0.4, 0.5) is 5.69 Å². The van der Waals surface area contributed by atoms with E-state index >= 15 is 0 Å². The number of aryl methyl sites for hydroxylation is 1. The lowest BCUT2D eigenvalue weighted by Crippen LogP contribution is -2.39. The highest BCUT2D eigenvalue weighted by atomic mass is 127. The van der Waals surface area contributed by atoms with Gasteiger partial charge in [0.15, 0.2) is 5.96 Å². The molecule has 0 fully saturated rings. The summed E-state index contributed by atoms with van der Waals surface area (Å²) in [7, 11) is 1.64. The number of amides is 1. The number of hydrogen-bond acceptors (Lipinski definition) is 3. The molecule has 1 amide bonds. The lowest BCUT2D eigenvalue weighted by atomic mass is 10.1. The van der Waals surface area contributed by atoms with Crippen LogP contribution in [0.15, 0.2) is 29.3 Å². The number of aliphatic imine (C=N–C) groups is 1. The summed E-state index contributed by atoms with van der Waals surface area (Å²) in [4.78, 5) is 16.2. The second-order valence-electron chi connectivity index (χ2n) is 4.72. The molecule has 3 N–H and O–H groups in total. The maximum atomic E-state index is 12.0. The Bertz CT molecular complexity index is 495. The number of guanidine groups is 1. The van der Waals surface area contributed by atoms with E-state index in [-0.39, 0.29) is 36.4 Å². The average Bonchev–Trinajstić information content (AvgIpc) is 2.53. The molecule has 1 rings (SSSR count). The molecule has 130 valence electrons. The second kappa shape index (κ2) is 13.1. The number of carbonyl (C=O) groups is 1. The highest BCUT2D eigenvalue weighted by Gasteiger charge is 2.03. The third-order valence-electron chi connectivity index (χ3n) is 2.94. The third-order valence-corrected chi connectivity index (χ3v) is 2.94. The Balaban J connectivity index is 0.00000484. The Hall–Kier alpha value is -1.35. The van der Waals surface area contributed by atoms with E-state index < -0.39 is 0 Å². The first-order chi connectivity index (χ1) is 10.7. The van der Waals surface area contributed by atoms with Crippen molar-refractivity contribution in [3.8, 4) is 0 Å².